The molecule has 0 aliphatic carbocycles. The van der Waals surface area contributed by atoms with Crippen molar-refractivity contribution in [3.8, 4) is 11.5 Å². The number of unbranched alkanes of at least 4 members (excludes halogenated alkanes) is 1. The van der Waals surface area contributed by atoms with Gasteiger partial charge in [-0.25, -0.2) is 24.7 Å². The second-order valence-electron chi connectivity index (χ2n) is 16.0. The number of cyclic esters (lactones) is 1. The van der Waals surface area contributed by atoms with Crippen molar-refractivity contribution in [2.45, 2.75) is 128 Å². The van der Waals surface area contributed by atoms with Crippen LogP contribution in [0.3, 0.4) is 0 Å². The van der Waals surface area contributed by atoms with Gasteiger partial charge in [0.05, 0.1) is 20.3 Å². The average molecular weight is 933 g/mol. The van der Waals surface area contributed by atoms with Gasteiger partial charge in [-0.15, -0.1) is 0 Å². The zero-order chi connectivity index (χ0) is 49.1. The number of hydrogen-bond donors (Lipinski definition) is 9. The second-order valence-corrected chi connectivity index (χ2v) is 16.0. The number of amides is 5. The summed E-state index contributed by atoms with van der Waals surface area (Å²) in [6.45, 7) is 5.40. The molecule has 0 saturated carbocycles. The number of nitro groups is 1. The zero-order valence-electron chi connectivity index (χ0n) is 38.1. The van der Waals surface area contributed by atoms with Gasteiger partial charge in [-0.05, 0) is 84.1 Å². The van der Waals surface area contributed by atoms with Crippen LogP contribution in [0.15, 0.2) is 16.6 Å². The lowest BCUT2D eigenvalue weighted by molar-refractivity contribution is -0.525. The number of ether oxygens (including phenoxy) is 3. The highest BCUT2D eigenvalue weighted by Crippen LogP contribution is 2.42. The Balaban J connectivity index is 1.72. The number of aliphatic hydroxyl groups excluding tert-OH is 1. The van der Waals surface area contributed by atoms with Crippen LogP contribution in [0.4, 0.5) is 0 Å². The van der Waals surface area contributed by atoms with Crippen molar-refractivity contribution in [1.29, 1.82) is 0 Å². The van der Waals surface area contributed by atoms with E-state index in [0.717, 1.165) is 12.7 Å². The summed E-state index contributed by atoms with van der Waals surface area (Å²) in [7, 11) is 2.58. The van der Waals surface area contributed by atoms with Crippen molar-refractivity contribution in [3.05, 3.63) is 44.0 Å². The Bertz CT molecular complexity index is 2010. The summed E-state index contributed by atoms with van der Waals surface area (Å²) < 4.78 is 15.5. The Morgan fingerprint density at radius 1 is 1.05 bits per heavy atom. The minimum absolute atomic E-state index is 0.0190. The molecule has 0 aromatic heterocycles. The van der Waals surface area contributed by atoms with Crippen molar-refractivity contribution < 1.29 is 63.0 Å². The molecule has 1 fully saturated rings. The molecule has 11 N–H and O–H groups in total. The van der Waals surface area contributed by atoms with Gasteiger partial charge in [0.2, 0.25) is 29.5 Å². The summed E-state index contributed by atoms with van der Waals surface area (Å²) in [5.41, 5.74) is 15.0. The largest absolute Gasteiger partial charge is 0.507 e. The second kappa shape index (κ2) is 26.4. The summed E-state index contributed by atoms with van der Waals surface area (Å²) >= 11 is 0. The number of carbonyl (C=O) groups is 7. The van der Waals surface area contributed by atoms with Crippen LogP contribution in [0, 0.1) is 17.0 Å². The molecular formula is C42H64N10O14. The van der Waals surface area contributed by atoms with E-state index < -0.39 is 76.8 Å². The van der Waals surface area contributed by atoms with Crippen molar-refractivity contribution >= 4 is 47.4 Å². The number of nitrogens with two attached hydrogens (primary N) is 2. The van der Waals surface area contributed by atoms with Crippen molar-refractivity contribution in [1.82, 2.24) is 31.6 Å². The maximum Gasteiger partial charge on any atom is 0.342 e. The Kier molecular flexibility index (Phi) is 21.5. The number of aliphatic imine (C=N–C) groups is 1. The van der Waals surface area contributed by atoms with E-state index in [1.165, 1.54) is 18.9 Å². The smallest absolute Gasteiger partial charge is 0.342 e. The predicted molar refractivity (Wildman–Crippen MR) is 236 cm³/mol. The number of nitrogens with zero attached hydrogens (tertiary/aromatic N) is 3. The molecular weight excluding hydrogens is 869 g/mol. The number of guanidine groups is 1. The maximum atomic E-state index is 14.3. The minimum atomic E-state index is -1.49. The molecule has 5 atom stereocenters. The van der Waals surface area contributed by atoms with E-state index in [2.05, 4.69) is 26.3 Å². The number of nitrogens with one attached hydrogen (secondary N) is 5. The molecule has 0 radical (unpaired) electrons. The van der Waals surface area contributed by atoms with E-state index in [4.69, 9.17) is 25.7 Å². The lowest BCUT2D eigenvalue weighted by Crippen LogP contribution is -2.59. The molecule has 24 nitrogen and oxygen atoms in total. The van der Waals surface area contributed by atoms with E-state index in [-0.39, 0.29) is 101 Å². The van der Waals surface area contributed by atoms with Crippen LogP contribution < -0.4 is 42.9 Å². The summed E-state index contributed by atoms with van der Waals surface area (Å²) in [6, 6.07) is -4.93. The molecule has 0 spiro atoms. The molecule has 5 amide bonds. The molecule has 3 rings (SSSR count). The number of aromatic hydroxyl groups is 1. The first-order chi connectivity index (χ1) is 31.3. The third kappa shape index (κ3) is 15.6. The highest BCUT2D eigenvalue weighted by atomic mass is 16.7. The van der Waals surface area contributed by atoms with Crippen LogP contribution in [0.2, 0.25) is 0 Å². The number of hydrazine groups is 1. The quantitative estimate of drug-likeness (QED) is 0.0104. The average Bonchev–Trinajstić information content (AvgIpc) is 3.92. The molecule has 1 aromatic carbocycles. The number of hydrogen-bond acceptors (Lipinski definition) is 16. The first-order valence-corrected chi connectivity index (χ1v) is 21.7. The number of benzene rings is 1. The molecule has 1 saturated heterocycles. The standard InChI is InChI=1S/C42H64N10O14/c1-23(13-15-26-35(56)33-27(22-66-41(33)61)24(2)36(26)64-4)14-16-32(55)49-34(25(3)53)38(58)47-28(10-6-7-19-45-31(54)17-18-43)39(59)51-21-9-12-30(51)37(57)48-29(40(60)65-5)11-8-20-46-42(44)50-52(62)63/h13,25,28-30,34,53,56H,6-12,14-22,43H2,1-5H3,(H,45,54)(H,47,58)(H,48,57)(H,49,55)(H3,44,46,50)/b23-13+/t25-,28+,29+,30+,34+/m1/s1. The number of rotatable bonds is 26. The molecule has 24 heteroatoms. The third-order valence-corrected chi connectivity index (χ3v) is 11.1. The number of esters is 2. The normalized spacial score (nSPS) is 16.5. The lowest BCUT2D eigenvalue weighted by atomic mass is 9.94. The number of allylic oxidation sites excluding steroid dienone is 2. The van der Waals surface area contributed by atoms with E-state index in [0.29, 0.717) is 41.7 Å². The summed E-state index contributed by atoms with van der Waals surface area (Å²) in [5.74, 6) is -4.67. The molecule has 366 valence electrons. The number of methoxy groups -OCH3 is 2. The molecule has 1 aromatic rings. The lowest BCUT2D eigenvalue weighted by Gasteiger charge is -2.31. The fourth-order valence-corrected chi connectivity index (χ4v) is 7.59. The van der Waals surface area contributed by atoms with Gasteiger partial charge in [-0.3, -0.25) is 24.0 Å². The highest BCUT2D eigenvalue weighted by Gasteiger charge is 2.40. The molecule has 0 bridgehead atoms. The van der Waals surface area contributed by atoms with Gasteiger partial charge in [0.1, 0.15) is 47.8 Å². The minimum Gasteiger partial charge on any atom is -0.507 e. The van der Waals surface area contributed by atoms with Crippen LogP contribution in [0.5, 0.6) is 11.5 Å². The van der Waals surface area contributed by atoms with Gasteiger partial charge in [0.25, 0.3) is 5.96 Å². The van der Waals surface area contributed by atoms with Gasteiger partial charge in [0.15, 0.2) is 5.03 Å². The van der Waals surface area contributed by atoms with E-state index in [1.807, 2.05) is 0 Å². The number of fused-ring (bicyclic) bond motifs is 1. The third-order valence-electron chi connectivity index (χ3n) is 11.1. The van der Waals surface area contributed by atoms with Gasteiger partial charge in [-0.2, -0.15) is 0 Å². The van der Waals surface area contributed by atoms with E-state index in [9.17, 15) is 53.9 Å². The Hall–Kier alpha value is -6.56. The monoisotopic (exact) mass is 932 g/mol. The highest BCUT2D eigenvalue weighted by molar-refractivity contribution is 5.98. The summed E-state index contributed by atoms with van der Waals surface area (Å²) in [6.07, 6.45) is 2.40. The first kappa shape index (κ1) is 53.8. The number of likely N-dealkylation sites (tertiary alicyclic amines) is 1. The number of aliphatic hydroxyl groups is 1. The van der Waals surface area contributed by atoms with Crippen LogP contribution >= 0.6 is 0 Å². The van der Waals surface area contributed by atoms with Crippen LogP contribution in [0.1, 0.15) is 105 Å². The van der Waals surface area contributed by atoms with Gasteiger partial charge in [0, 0.05) is 50.1 Å². The SMILES string of the molecule is COC(=O)[C@H](CCCN=C(N)N[N+](=O)[O-])NC(=O)[C@@H]1CCCN1C(=O)[C@H](CCCCNC(=O)CCN)NC(=O)[C@@H](NC(=O)CC/C(C)=C/Cc1c(O)c2c(c(C)c1OC)COC2=O)[C@@H](C)O. The Morgan fingerprint density at radius 2 is 1.76 bits per heavy atom. The summed E-state index contributed by atoms with van der Waals surface area (Å²) in [4.78, 5) is 108. The molecule has 2 heterocycles. The van der Waals surface area contributed by atoms with Crippen LogP contribution in [-0.4, -0.2) is 138 Å². The van der Waals surface area contributed by atoms with E-state index in [1.54, 1.807) is 25.3 Å². The van der Waals surface area contributed by atoms with Crippen LogP contribution in [-0.2, 0) is 51.3 Å². The number of phenols is 1. The van der Waals surface area contributed by atoms with Gasteiger partial charge < -0.3 is 62.1 Å². The van der Waals surface area contributed by atoms with Crippen molar-refractivity contribution in [3.63, 3.8) is 0 Å². The fourth-order valence-electron chi connectivity index (χ4n) is 7.59. The van der Waals surface area contributed by atoms with Crippen molar-refractivity contribution in [2.75, 3.05) is 40.4 Å². The van der Waals surface area contributed by atoms with Gasteiger partial charge in [-0.1, -0.05) is 17.1 Å². The number of phenolic OH excluding ortho intramolecular Hbond substituents is 1. The fraction of sp³-hybridized carbons (Fsp3) is 0.619. The van der Waals surface area contributed by atoms with Gasteiger partial charge >= 0.3 is 11.9 Å². The first-order valence-electron chi connectivity index (χ1n) is 21.7. The molecule has 0 unspecified atom stereocenters. The predicted octanol–water partition coefficient (Wildman–Crippen LogP) is -0.841. The Labute approximate surface area is 382 Å². The number of carbonyl (C=O) groups excluding carboxylic acids is 7. The van der Waals surface area contributed by atoms with E-state index >= 15 is 0 Å². The summed E-state index contributed by atoms with van der Waals surface area (Å²) in [5, 5.41) is 41.9. The maximum absolute atomic E-state index is 14.3. The zero-order valence-corrected chi connectivity index (χ0v) is 38.1. The van der Waals surface area contributed by atoms with Crippen molar-refractivity contribution in [2.24, 2.45) is 16.5 Å². The molecule has 2 aliphatic heterocycles. The topological polar surface area (TPSA) is 359 Å². The Morgan fingerprint density at radius 3 is 2.41 bits per heavy atom. The van der Waals surface area contributed by atoms with Crippen LogP contribution in [0.25, 0.3) is 0 Å². The molecule has 2 aliphatic rings. The molecule has 66 heavy (non-hydrogen) atoms.